The lowest BCUT2D eigenvalue weighted by molar-refractivity contribution is 0.107. The fourth-order valence-corrected chi connectivity index (χ4v) is 2.85. The SMILES string of the molecule is CC(C)(C)c1ccc(OCCN2CCCC(CO)C2)cc1. The van der Waals surface area contributed by atoms with Crippen molar-refractivity contribution in [2.24, 2.45) is 5.92 Å². The highest BCUT2D eigenvalue weighted by atomic mass is 16.5. The number of aliphatic hydroxyl groups is 1. The lowest BCUT2D eigenvalue weighted by Crippen LogP contribution is -2.39. The van der Waals surface area contributed by atoms with Crippen LogP contribution in [-0.4, -0.2) is 42.9 Å². The second-order valence-corrected chi connectivity index (χ2v) is 7.11. The Hall–Kier alpha value is -1.06. The Balaban J connectivity index is 1.76. The molecule has 3 nitrogen and oxygen atoms in total. The van der Waals surface area contributed by atoms with Crippen LogP contribution in [0.15, 0.2) is 24.3 Å². The maximum absolute atomic E-state index is 9.25. The molecule has 118 valence electrons. The zero-order valence-corrected chi connectivity index (χ0v) is 13.6. The van der Waals surface area contributed by atoms with Crippen molar-refractivity contribution in [1.29, 1.82) is 0 Å². The Bertz CT molecular complexity index is 422. The molecule has 0 aliphatic carbocycles. The van der Waals surface area contributed by atoms with E-state index >= 15 is 0 Å². The molecular formula is C18H29NO2. The lowest BCUT2D eigenvalue weighted by Gasteiger charge is -2.31. The minimum Gasteiger partial charge on any atom is -0.492 e. The Labute approximate surface area is 128 Å². The largest absolute Gasteiger partial charge is 0.492 e. The number of rotatable bonds is 5. The van der Waals surface area contributed by atoms with E-state index in [0.717, 1.165) is 31.8 Å². The van der Waals surface area contributed by atoms with Crippen LogP contribution in [0.5, 0.6) is 5.75 Å². The summed E-state index contributed by atoms with van der Waals surface area (Å²) in [6.07, 6.45) is 2.34. The van der Waals surface area contributed by atoms with E-state index in [9.17, 15) is 5.11 Å². The predicted octanol–water partition coefficient (Wildman–Crippen LogP) is 3.07. The van der Waals surface area contributed by atoms with E-state index in [-0.39, 0.29) is 5.41 Å². The van der Waals surface area contributed by atoms with Gasteiger partial charge in [-0.15, -0.1) is 0 Å². The molecule has 0 bridgehead atoms. The summed E-state index contributed by atoms with van der Waals surface area (Å²) in [7, 11) is 0. The van der Waals surface area contributed by atoms with Crippen LogP contribution in [0.3, 0.4) is 0 Å². The van der Waals surface area contributed by atoms with Gasteiger partial charge >= 0.3 is 0 Å². The molecule has 1 aromatic rings. The first-order valence-electron chi connectivity index (χ1n) is 8.05. The first-order valence-corrected chi connectivity index (χ1v) is 8.05. The molecule has 1 aromatic carbocycles. The number of aliphatic hydroxyl groups excluding tert-OH is 1. The third-order valence-corrected chi connectivity index (χ3v) is 4.26. The van der Waals surface area contributed by atoms with E-state index in [2.05, 4.69) is 49.9 Å². The van der Waals surface area contributed by atoms with E-state index in [1.54, 1.807) is 0 Å². The average Bonchev–Trinajstić information content (AvgIpc) is 2.47. The fraction of sp³-hybridized carbons (Fsp3) is 0.667. The van der Waals surface area contributed by atoms with Gasteiger partial charge < -0.3 is 9.84 Å². The van der Waals surface area contributed by atoms with Crippen molar-refractivity contribution in [3.05, 3.63) is 29.8 Å². The maximum Gasteiger partial charge on any atom is 0.119 e. The summed E-state index contributed by atoms with van der Waals surface area (Å²) in [5.74, 6) is 1.39. The molecule has 0 amide bonds. The van der Waals surface area contributed by atoms with Gasteiger partial charge in [0.25, 0.3) is 0 Å². The van der Waals surface area contributed by atoms with Crippen LogP contribution in [-0.2, 0) is 5.41 Å². The standard InChI is InChI=1S/C18H29NO2/c1-18(2,3)16-6-8-17(9-7-16)21-12-11-19-10-4-5-15(13-19)14-20/h6-9,15,20H,4-5,10-14H2,1-3H3. The predicted molar refractivity (Wildman–Crippen MR) is 86.9 cm³/mol. The lowest BCUT2D eigenvalue weighted by atomic mass is 9.87. The van der Waals surface area contributed by atoms with E-state index in [1.165, 1.54) is 12.0 Å². The molecule has 1 heterocycles. The number of piperidine rings is 1. The number of benzene rings is 1. The van der Waals surface area contributed by atoms with Crippen molar-refractivity contribution in [3.63, 3.8) is 0 Å². The van der Waals surface area contributed by atoms with Gasteiger partial charge in [0.15, 0.2) is 0 Å². The van der Waals surface area contributed by atoms with Crippen LogP contribution < -0.4 is 4.74 Å². The summed E-state index contributed by atoms with van der Waals surface area (Å²) in [5.41, 5.74) is 1.52. The van der Waals surface area contributed by atoms with E-state index < -0.39 is 0 Å². The first-order chi connectivity index (χ1) is 9.99. The normalized spacial score (nSPS) is 20.5. The van der Waals surface area contributed by atoms with Crippen molar-refractivity contribution < 1.29 is 9.84 Å². The number of ether oxygens (including phenoxy) is 1. The number of nitrogens with zero attached hydrogens (tertiary/aromatic N) is 1. The molecule has 0 saturated carbocycles. The average molecular weight is 291 g/mol. The monoisotopic (exact) mass is 291 g/mol. The fourth-order valence-electron chi connectivity index (χ4n) is 2.85. The third kappa shape index (κ3) is 5.01. The van der Waals surface area contributed by atoms with Gasteiger partial charge in [0.2, 0.25) is 0 Å². The molecule has 0 spiro atoms. The Morgan fingerprint density at radius 2 is 1.95 bits per heavy atom. The molecule has 0 aromatic heterocycles. The minimum atomic E-state index is 0.186. The van der Waals surface area contributed by atoms with Crippen molar-refractivity contribution in [2.75, 3.05) is 32.8 Å². The zero-order valence-electron chi connectivity index (χ0n) is 13.6. The molecule has 2 rings (SSSR count). The second-order valence-electron chi connectivity index (χ2n) is 7.11. The number of hydrogen-bond acceptors (Lipinski definition) is 3. The Morgan fingerprint density at radius 3 is 2.57 bits per heavy atom. The molecule has 1 fully saturated rings. The van der Waals surface area contributed by atoms with Crippen LogP contribution in [0.2, 0.25) is 0 Å². The van der Waals surface area contributed by atoms with Crippen LogP contribution in [0.25, 0.3) is 0 Å². The molecule has 1 aliphatic rings. The van der Waals surface area contributed by atoms with E-state index in [1.807, 2.05) is 0 Å². The molecule has 1 saturated heterocycles. The molecule has 21 heavy (non-hydrogen) atoms. The Kier molecular flexibility index (Phi) is 5.65. The van der Waals surface area contributed by atoms with Crippen LogP contribution in [0.1, 0.15) is 39.2 Å². The highest BCUT2D eigenvalue weighted by molar-refractivity contribution is 5.31. The van der Waals surface area contributed by atoms with Crippen LogP contribution in [0.4, 0.5) is 0 Å². The van der Waals surface area contributed by atoms with Crippen molar-refractivity contribution in [2.45, 2.75) is 39.0 Å². The van der Waals surface area contributed by atoms with Gasteiger partial charge in [0, 0.05) is 19.7 Å². The third-order valence-electron chi connectivity index (χ3n) is 4.26. The van der Waals surface area contributed by atoms with Gasteiger partial charge in [-0.25, -0.2) is 0 Å². The summed E-state index contributed by atoms with van der Waals surface area (Å²) in [4.78, 5) is 2.40. The highest BCUT2D eigenvalue weighted by Crippen LogP contribution is 2.24. The highest BCUT2D eigenvalue weighted by Gasteiger charge is 2.18. The molecular weight excluding hydrogens is 262 g/mol. The van der Waals surface area contributed by atoms with Gasteiger partial charge in [-0.1, -0.05) is 32.9 Å². The van der Waals surface area contributed by atoms with Gasteiger partial charge in [0.05, 0.1) is 0 Å². The summed E-state index contributed by atoms with van der Waals surface area (Å²) >= 11 is 0. The summed E-state index contributed by atoms with van der Waals surface area (Å²) in [5, 5.41) is 9.25. The van der Waals surface area contributed by atoms with Crippen molar-refractivity contribution >= 4 is 0 Å². The molecule has 1 atom stereocenters. The van der Waals surface area contributed by atoms with Gasteiger partial charge in [0.1, 0.15) is 12.4 Å². The van der Waals surface area contributed by atoms with Gasteiger partial charge in [-0.05, 0) is 48.4 Å². The maximum atomic E-state index is 9.25. The molecule has 1 unspecified atom stereocenters. The Morgan fingerprint density at radius 1 is 1.24 bits per heavy atom. The van der Waals surface area contributed by atoms with Crippen molar-refractivity contribution in [3.8, 4) is 5.75 Å². The van der Waals surface area contributed by atoms with Crippen LogP contribution in [0, 0.1) is 5.92 Å². The van der Waals surface area contributed by atoms with Crippen molar-refractivity contribution in [1.82, 2.24) is 4.90 Å². The molecule has 1 N–H and O–H groups in total. The number of hydrogen-bond donors (Lipinski definition) is 1. The minimum absolute atomic E-state index is 0.186. The quantitative estimate of drug-likeness (QED) is 0.905. The summed E-state index contributed by atoms with van der Waals surface area (Å²) in [6, 6.07) is 8.43. The van der Waals surface area contributed by atoms with Gasteiger partial charge in [-0.2, -0.15) is 0 Å². The molecule has 1 aliphatic heterocycles. The van der Waals surface area contributed by atoms with E-state index in [0.29, 0.717) is 19.1 Å². The molecule has 3 heteroatoms. The van der Waals surface area contributed by atoms with E-state index in [4.69, 9.17) is 4.74 Å². The summed E-state index contributed by atoms with van der Waals surface area (Å²) in [6.45, 7) is 10.8. The second kappa shape index (κ2) is 7.28. The first kappa shape index (κ1) is 16.3. The smallest absolute Gasteiger partial charge is 0.119 e. The topological polar surface area (TPSA) is 32.7 Å². The summed E-state index contributed by atoms with van der Waals surface area (Å²) < 4.78 is 5.84. The number of likely N-dealkylation sites (tertiary alicyclic amines) is 1. The molecule has 0 radical (unpaired) electrons. The van der Waals surface area contributed by atoms with Gasteiger partial charge in [-0.3, -0.25) is 4.90 Å². The van der Waals surface area contributed by atoms with Crippen LogP contribution >= 0.6 is 0 Å². The zero-order chi connectivity index (χ0) is 15.3.